The zero-order valence-electron chi connectivity index (χ0n) is 20.8. The molecule has 0 amide bonds. The van der Waals surface area contributed by atoms with Crippen LogP contribution in [-0.2, 0) is 12.8 Å². The van der Waals surface area contributed by atoms with E-state index in [0.717, 1.165) is 17.8 Å². The van der Waals surface area contributed by atoms with Crippen molar-refractivity contribution in [2.24, 2.45) is 0 Å². The van der Waals surface area contributed by atoms with Crippen molar-refractivity contribution in [2.45, 2.75) is 19.8 Å². The van der Waals surface area contributed by atoms with Crippen LogP contribution in [-0.4, -0.2) is 40.2 Å². The second-order valence-corrected chi connectivity index (χ2v) is 8.27. The number of nitrogens with zero attached hydrogens (tertiary/aromatic N) is 2. The van der Waals surface area contributed by atoms with Crippen LogP contribution >= 0.6 is 0 Å². The Morgan fingerprint density at radius 1 is 1.18 bits per heavy atom. The summed E-state index contributed by atoms with van der Waals surface area (Å²) in [5.74, 6) is 4.75. The van der Waals surface area contributed by atoms with Gasteiger partial charge in [0.15, 0.2) is 11.5 Å². The van der Waals surface area contributed by atoms with Gasteiger partial charge in [0.05, 0.1) is 30.9 Å². The third-order valence-electron chi connectivity index (χ3n) is 5.99. The van der Waals surface area contributed by atoms with Crippen molar-refractivity contribution in [3.8, 4) is 23.3 Å². The molecule has 2 aromatic heterocycles. The molecular formula is C27H24FN5O5. The molecule has 4 rings (SSSR count). The van der Waals surface area contributed by atoms with Crippen molar-refractivity contribution in [1.29, 1.82) is 0 Å². The lowest BCUT2D eigenvalue weighted by Crippen LogP contribution is -2.16. The highest BCUT2D eigenvalue weighted by atomic mass is 19.1. The Labute approximate surface area is 216 Å². The van der Waals surface area contributed by atoms with Gasteiger partial charge in [-0.1, -0.05) is 18.8 Å². The summed E-state index contributed by atoms with van der Waals surface area (Å²) in [6, 6.07) is 4.52. The number of nitrogen functional groups attached to an aromatic ring is 2. The first kappa shape index (κ1) is 26.0. The maximum absolute atomic E-state index is 15.3. The number of benzene rings is 2. The fraction of sp³-hybridized carbons (Fsp3) is 0.185. The van der Waals surface area contributed by atoms with Crippen LogP contribution in [0.5, 0.6) is 11.5 Å². The molecule has 0 aliphatic heterocycles. The number of carboxylic acid groups (broad SMARTS) is 1. The van der Waals surface area contributed by atoms with Crippen LogP contribution in [0.3, 0.4) is 0 Å². The number of carbonyl (C=O) groups is 1. The third-order valence-corrected chi connectivity index (χ3v) is 5.99. The number of pyridine rings is 1. The van der Waals surface area contributed by atoms with Crippen LogP contribution in [0.15, 0.2) is 35.4 Å². The first-order chi connectivity index (χ1) is 18.2. The number of aromatic nitrogens is 3. The molecule has 10 nitrogen and oxygen atoms in total. The van der Waals surface area contributed by atoms with Gasteiger partial charge in [-0.05, 0) is 35.7 Å². The molecule has 0 saturated heterocycles. The number of aryl methyl sites for hydroxylation is 1. The Morgan fingerprint density at radius 3 is 2.58 bits per heavy atom. The summed E-state index contributed by atoms with van der Waals surface area (Å²) in [4.78, 5) is 34.7. The van der Waals surface area contributed by atoms with Gasteiger partial charge in [0, 0.05) is 29.8 Å². The lowest BCUT2D eigenvalue weighted by molar-refractivity contribution is 0.0695. The Morgan fingerprint density at radius 2 is 1.95 bits per heavy atom. The molecule has 0 spiro atoms. The van der Waals surface area contributed by atoms with Gasteiger partial charge in [-0.15, -0.1) is 0 Å². The van der Waals surface area contributed by atoms with Crippen molar-refractivity contribution in [2.75, 3.05) is 25.7 Å². The van der Waals surface area contributed by atoms with E-state index >= 15 is 4.39 Å². The minimum atomic E-state index is -1.40. The number of nitrogens with two attached hydrogens (primary N) is 2. The molecule has 0 radical (unpaired) electrons. The molecule has 0 fully saturated rings. The number of nitrogens with one attached hydrogen (secondary N) is 1. The van der Waals surface area contributed by atoms with E-state index in [1.165, 1.54) is 20.4 Å². The maximum atomic E-state index is 15.3. The molecule has 0 atom stereocenters. The number of hydrogen-bond acceptors (Lipinski definition) is 8. The van der Waals surface area contributed by atoms with Crippen molar-refractivity contribution in [3.05, 3.63) is 80.0 Å². The third kappa shape index (κ3) is 4.79. The summed E-state index contributed by atoms with van der Waals surface area (Å²) in [7, 11) is 2.95. The molecule has 0 bridgehead atoms. The van der Waals surface area contributed by atoms with E-state index in [2.05, 4.69) is 26.8 Å². The van der Waals surface area contributed by atoms with Gasteiger partial charge < -0.3 is 31.0 Å². The number of ether oxygens (including phenoxy) is 2. The molecular weight excluding hydrogens is 493 g/mol. The molecule has 6 N–H and O–H groups in total. The molecule has 0 saturated carbocycles. The van der Waals surface area contributed by atoms with Gasteiger partial charge in [-0.25, -0.2) is 14.2 Å². The van der Waals surface area contributed by atoms with E-state index in [1.54, 1.807) is 19.1 Å². The van der Waals surface area contributed by atoms with E-state index < -0.39 is 22.8 Å². The second kappa shape index (κ2) is 10.5. The van der Waals surface area contributed by atoms with Crippen LogP contribution in [0.1, 0.15) is 45.1 Å². The van der Waals surface area contributed by atoms with Crippen molar-refractivity contribution in [1.82, 2.24) is 15.0 Å². The Bertz CT molecular complexity index is 1700. The van der Waals surface area contributed by atoms with Crippen molar-refractivity contribution in [3.63, 3.8) is 0 Å². The second-order valence-electron chi connectivity index (χ2n) is 8.27. The van der Waals surface area contributed by atoms with Crippen molar-refractivity contribution >= 4 is 28.6 Å². The van der Waals surface area contributed by atoms with Crippen LogP contribution in [0.25, 0.3) is 10.9 Å². The lowest BCUT2D eigenvalue weighted by Gasteiger charge is -2.13. The van der Waals surface area contributed by atoms with E-state index in [4.69, 9.17) is 20.9 Å². The number of halogens is 1. The van der Waals surface area contributed by atoms with Gasteiger partial charge in [0.2, 0.25) is 11.4 Å². The number of hydrogen-bond donors (Lipinski definition) is 4. The largest absolute Gasteiger partial charge is 0.493 e. The number of H-pyrrole nitrogens is 1. The number of carboxylic acids is 1. The van der Waals surface area contributed by atoms with Gasteiger partial charge in [0.25, 0.3) is 0 Å². The van der Waals surface area contributed by atoms with Crippen LogP contribution < -0.4 is 26.4 Å². The standard InChI is InChI=1S/C27H24FN5O5/c1-4-16-17(20(28)10-18-22(16)31-12-19(23(18)34)26(35)36)6-5-14-7-13(9-21(37-2)24(14)38-3)8-15-11-32-27(30)33-25(15)29/h7,9-12H,4,8H2,1-3H3,(H,31,34)(H,35,36)(H4,29,30,32,33). The number of aromatic amines is 1. The maximum Gasteiger partial charge on any atom is 0.341 e. The molecule has 38 heavy (non-hydrogen) atoms. The van der Waals surface area contributed by atoms with E-state index in [9.17, 15) is 14.7 Å². The smallest absolute Gasteiger partial charge is 0.341 e. The molecule has 2 aromatic carbocycles. The monoisotopic (exact) mass is 517 g/mol. The zero-order valence-corrected chi connectivity index (χ0v) is 20.8. The number of anilines is 2. The van der Waals surface area contributed by atoms with E-state index in [-0.39, 0.29) is 22.7 Å². The summed E-state index contributed by atoms with van der Waals surface area (Å²) >= 11 is 0. The first-order valence-corrected chi connectivity index (χ1v) is 11.4. The molecule has 11 heteroatoms. The average Bonchev–Trinajstić information content (AvgIpc) is 2.88. The fourth-order valence-corrected chi connectivity index (χ4v) is 4.19. The summed E-state index contributed by atoms with van der Waals surface area (Å²) in [5.41, 5.74) is 13.0. The molecule has 0 unspecified atom stereocenters. The predicted octanol–water partition coefficient (Wildman–Crippen LogP) is 2.89. The molecule has 194 valence electrons. The van der Waals surface area contributed by atoms with Crippen molar-refractivity contribution < 1.29 is 23.8 Å². The van der Waals surface area contributed by atoms with Gasteiger partial charge in [-0.2, -0.15) is 4.98 Å². The first-order valence-electron chi connectivity index (χ1n) is 11.4. The van der Waals surface area contributed by atoms with Gasteiger partial charge >= 0.3 is 5.97 Å². The summed E-state index contributed by atoms with van der Waals surface area (Å²) < 4.78 is 26.3. The topological polar surface area (TPSA) is 166 Å². The highest BCUT2D eigenvalue weighted by Crippen LogP contribution is 2.33. The molecule has 4 aromatic rings. The minimum absolute atomic E-state index is 0.0608. The number of fused-ring (bicyclic) bond motifs is 1. The zero-order chi connectivity index (χ0) is 27.6. The number of methoxy groups -OCH3 is 2. The quantitative estimate of drug-likeness (QED) is 0.281. The SMILES string of the molecule is CCc1c(C#Cc2cc(Cc3cnc(N)nc3N)cc(OC)c2OC)c(F)cc2c(=O)c(C(=O)O)c[nH]c12. The molecule has 0 aliphatic carbocycles. The van der Waals surface area contributed by atoms with Crippen LogP contribution in [0, 0.1) is 17.7 Å². The Kier molecular flexibility index (Phi) is 7.16. The van der Waals surface area contributed by atoms with Gasteiger partial charge in [-0.3, -0.25) is 4.79 Å². The van der Waals surface area contributed by atoms with E-state index in [1.807, 2.05) is 0 Å². The number of aromatic carboxylic acids is 1. The predicted molar refractivity (Wildman–Crippen MR) is 140 cm³/mol. The summed E-state index contributed by atoms with van der Waals surface area (Å²) in [6.07, 6.45) is 3.32. The summed E-state index contributed by atoms with van der Waals surface area (Å²) in [5, 5.41) is 9.18. The van der Waals surface area contributed by atoms with Crippen LogP contribution in [0.4, 0.5) is 16.2 Å². The van der Waals surface area contributed by atoms with Crippen LogP contribution in [0.2, 0.25) is 0 Å². The minimum Gasteiger partial charge on any atom is -0.493 e. The molecule has 0 aliphatic rings. The average molecular weight is 518 g/mol. The number of rotatable bonds is 6. The Balaban J connectivity index is 1.86. The molecule has 2 heterocycles. The fourth-order valence-electron chi connectivity index (χ4n) is 4.19. The highest BCUT2D eigenvalue weighted by molar-refractivity contribution is 5.93. The van der Waals surface area contributed by atoms with E-state index in [0.29, 0.717) is 46.5 Å². The summed E-state index contributed by atoms with van der Waals surface area (Å²) in [6.45, 7) is 1.78. The lowest BCUT2D eigenvalue weighted by atomic mass is 9.98. The Hall–Kier alpha value is -5.11. The highest BCUT2D eigenvalue weighted by Gasteiger charge is 2.18. The normalized spacial score (nSPS) is 10.6. The van der Waals surface area contributed by atoms with Gasteiger partial charge in [0.1, 0.15) is 17.2 Å².